The fourth-order valence-corrected chi connectivity index (χ4v) is 3.87. The van der Waals surface area contributed by atoms with Crippen molar-refractivity contribution in [1.29, 1.82) is 0 Å². The third-order valence-electron chi connectivity index (χ3n) is 5.12. The van der Waals surface area contributed by atoms with Gasteiger partial charge in [0.25, 0.3) is 0 Å². The first-order valence-corrected chi connectivity index (χ1v) is 8.32. The van der Waals surface area contributed by atoms with Gasteiger partial charge in [0.1, 0.15) is 5.75 Å². The Bertz CT molecular complexity index is 472. The van der Waals surface area contributed by atoms with E-state index < -0.39 is 0 Å². The molecule has 3 rings (SSSR count). The third-order valence-corrected chi connectivity index (χ3v) is 5.12. The van der Waals surface area contributed by atoms with E-state index in [4.69, 9.17) is 0 Å². The molecule has 2 fully saturated rings. The van der Waals surface area contributed by atoms with Crippen molar-refractivity contribution in [2.45, 2.75) is 50.7 Å². The lowest BCUT2D eigenvalue weighted by molar-refractivity contribution is 0.0141. The number of aliphatic hydroxyl groups is 1. The van der Waals surface area contributed by atoms with E-state index in [-0.39, 0.29) is 18.1 Å². The summed E-state index contributed by atoms with van der Waals surface area (Å²) in [6.07, 6.45) is 6.79. The fourth-order valence-electron chi connectivity index (χ4n) is 3.87. The van der Waals surface area contributed by atoms with Crippen LogP contribution in [0.15, 0.2) is 24.3 Å². The maximum Gasteiger partial charge on any atom is 0.115 e. The lowest BCUT2D eigenvalue weighted by Crippen LogP contribution is -2.39. The van der Waals surface area contributed by atoms with E-state index in [0.717, 1.165) is 37.3 Å². The minimum Gasteiger partial charge on any atom is -0.508 e. The highest BCUT2D eigenvalue weighted by molar-refractivity contribution is 5.30. The van der Waals surface area contributed by atoms with Gasteiger partial charge in [-0.2, -0.15) is 0 Å². The van der Waals surface area contributed by atoms with E-state index in [9.17, 15) is 10.2 Å². The standard InChI is InChI=1S/C18H27NO2/c1-19(12-13-9-10-13)18(14-5-4-6-15(20)11-14)16-7-2-3-8-17(16)21/h4-6,11,13,16-18,20-21H,2-3,7-10,12H2,1H3. The summed E-state index contributed by atoms with van der Waals surface area (Å²) in [5.41, 5.74) is 1.14. The smallest absolute Gasteiger partial charge is 0.115 e. The van der Waals surface area contributed by atoms with E-state index in [0.29, 0.717) is 5.75 Å². The number of nitrogens with zero attached hydrogens (tertiary/aromatic N) is 1. The van der Waals surface area contributed by atoms with Gasteiger partial charge in [-0.05, 0) is 56.3 Å². The average molecular weight is 289 g/mol. The first kappa shape index (κ1) is 14.9. The molecule has 21 heavy (non-hydrogen) atoms. The Morgan fingerprint density at radius 3 is 2.62 bits per heavy atom. The van der Waals surface area contributed by atoms with Crippen molar-refractivity contribution in [3.05, 3.63) is 29.8 Å². The Hall–Kier alpha value is -1.06. The summed E-state index contributed by atoms with van der Waals surface area (Å²) >= 11 is 0. The molecule has 3 heteroatoms. The molecule has 2 N–H and O–H groups in total. The van der Waals surface area contributed by atoms with Crippen LogP contribution in [0.25, 0.3) is 0 Å². The molecular formula is C18H27NO2. The number of aromatic hydroxyl groups is 1. The second kappa shape index (κ2) is 6.37. The molecule has 0 aliphatic heterocycles. The van der Waals surface area contributed by atoms with Crippen molar-refractivity contribution < 1.29 is 10.2 Å². The lowest BCUT2D eigenvalue weighted by Gasteiger charge is -2.40. The molecular weight excluding hydrogens is 262 g/mol. The Morgan fingerprint density at radius 2 is 1.95 bits per heavy atom. The summed E-state index contributed by atoms with van der Waals surface area (Å²) in [6, 6.07) is 7.81. The second-order valence-electron chi connectivity index (χ2n) is 6.94. The molecule has 0 amide bonds. The molecule has 2 saturated carbocycles. The predicted octanol–water partition coefficient (Wildman–Crippen LogP) is 3.33. The summed E-state index contributed by atoms with van der Waals surface area (Å²) < 4.78 is 0. The van der Waals surface area contributed by atoms with Gasteiger partial charge in [-0.3, -0.25) is 4.90 Å². The molecule has 0 bridgehead atoms. The molecule has 3 unspecified atom stereocenters. The summed E-state index contributed by atoms with van der Waals surface area (Å²) in [4.78, 5) is 2.41. The number of aliphatic hydroxyl groups excluding tert-OH is 1. The van der Waals surface area contributed by atoms with Crippen LogP contribution in [-0.2, 0) is 0 Å². The highest BCUT2D eigenvalue weighted by atomic mass is 16.3. The van der Waals surface area contributed by atoms with Crippen LogP contribution >= 0.6 is 0 Å². The number of hydrogen-bond acceptors (Lipinski definition) is 3. The minimum atomic E-state index is -0.215. The predicted molar refractivity (Wildman–Crippen MR) is 84.2 cm³/mol. The van der Waals surface area contributed by atoms with Crippen LogP contribution in [0.1, 0.15) is 50.1 Å². The van der Waals surface area contributed by atoms with E-state index in [1.54, 1.807) is 6.07 Å². The van der Waals surface area contributed by atoms with Gasteiger partial charge >= 0.3 is 0 Å². The molecule has 116 valence electrons. The van der Waals surface area contributed by atoms with Gasteiger partial charge < -0.3 is 10.2 Å². The van der Waals surface area contributed by atoms with Crippen LogP contribution in [-0.4, -0.2) is 34.8 Å². The van der Waals surface area contributed by atoms with Gasteiger partial charge in [-0.15, -0.1) is 0 Å². The van der Waals surface area contributed by atoms with Crippen molar-refractivity contribution in [2.75, 3.05) is 13.6 Å². The first-order chi connectivity index (χ1) is 10.1. The molecule has 1 aromatic carbocycles. The number of hydrogen-bond donors (Lipinski definition) is 2. The van der Waals surface area contributed by atoms with Crippen molar-refractivity contribution >= 4 is 0 Å². The maximum atomic E-state index is 10.5. The highest BCUT2D eigenvalue weighted by Crippen LogP contribution is 2.40. The number of phenolic OH excluding ortho intramolecular Hbond substituents is 1. The van der Waals surface area contributed by atoms with E-state index in [1.165, 1.54) is 19.3 Å². The Morgan fingerprint density at radius 1 is 1.19 bits per heavy atom. The van der Waals surface area contributed by atoms with Crippen LogP contribution < -0.4 is 0 Å². The molecule has 0 aromatic heterocycles. The quantitative estimate of drug-likeness (QED) is 0.874. The summed E-state index contributed by atoms with van der Waals surface area (Å²) in [7, 11) is 2.17. The number of phenols is 1. The van der Waals surface area contributed by atoms with Gasteiger partial charge in [-0.1, -0.05) is 25.0 Å². The number of rotatable bonds is 5. The lowest BCUT2D eigenvalue weighted by atomic mass is 9.78. The van der Waals surface area contributed by atoms with E-state index in [1.807, 2.05) is 12.1 Å². The zero-order chi connectivity index (χ0) is 14.8. The van der Waals surface area contributed by atoms with Gasteiger partial charge in [0.2, 0.25) is 0 Å². The first-order valence-electron chi connectivity index (χ1n) is 8.32. The van der Waals surface area contributed by atoms with Crippen LogP contribution in [0.3, 0.4) is 0 Å². The zero-order valence-electron chi connectivity index (χ0n) is 12.9. The Balaban J connectivity index is 1.85. The van der Waals surface area contributed by atoms with Crippen LogP contribution in [0.5, 0.6) is 5.75 Å². The molecule has 1 aromatic rings. The zero-order valence-corrected chi connectivity index (χ0v) is 12.9. The molecule has 3 atom stereocenters. The normalized spacial score (nSPS) is 27.8. The Kier molecular flexibility index (Phi) is 4.51. The van der Waals surface area contributed by atoms with Gasteiger partial charge in [0, 0.05) is 18.5 Å². The monoisotopic (exact) mass is 289 g/mol. The fraction of sp³-hybridized carbons (Fsp3) is 0.667. The third kappa shape index (κ3) is 3.58. The Labute approximate surface area is 127 Å². The molecule has 2 aliphatic carbocycles. The molecule has 3 nitrogen and oxygen atoms in total. The highest BCUT2D eigenvalue weighted by Gasteiger charge is 2.36. The van der Waals surface area contributed by atoms with Crippen molar-refractivity contribution in [3.63, 3.8) is 0 Å². The molecule has 0 heterocycles. The van der Waals surface area contributed by atoms with Crippen LogP contribution in [0.2, 0.25) is 0 Å². The molecule has 0 spiro atoms. The summed E-state index contributed by atoms with van der Waals surface area (Å²) in [5.74, 6) is 1.43. The van der Waals surface area contributed by atoms with Crippen LogP contribution in [0.4, 0.5) is 0 Å². The summed E-state index contributed by atoms with van der Waals surface area (Å²) in [5, 5.41) is 20.3. The van der Waals surface area contributed by atoms with Gasteiger partial charge in [0.15, 0.2) is 0 Å². The maximum absolute atomic E-state index is 10.5. The second-order valence-corrected chi connectivity index (χ2v) is 6.94. The largest absolute Gasteiger partial charge is 0.508 e. The molecule has 0 radical (unpaired) electrons. The van der Waals surface area contributed by atoms with Crippen molar-refractivity contribution in [2.24, 2.45) is 11.8 Å². The number of benzene rings is 1. The molecule has 0 saturated heterocycles. The topological polar surface area (TPSA) is 43.7 Å². The van der Waals surface area contributed by atoms with Gasteiger partial charge in [-0.25, -0.2) is 0 Å². The SMILES string of the molecule is CN(CC1CC1)C(c1cccc(O)c1)C1CCCCC1O. The summed E-state index contributed by atoms with van der Waals surface area (Å²) in [6.45, 7) is 1.10. The van der Waals surface area contributed by atoms with Crippen molar-refractivity contribution in [3.8, 4) is 5.75 Å². The van der Waals surface area contributed by atoms with Crippen LogP contribution in [0, 0.1) is 11.8 Å². The van der Waals surface area contributed by atoms with Crippen molar-refractivity contribution in [1.82, 2.24) is 4.90 Å². The average Bonchev–Trinajstić information content (AvgIpc) is 3.25. The molecule has 2 aliphatic rings. The van der Waals surface area contributed by atoms with E-state index >= 15 is 0 Å². The van der Waals surface area contributed by atoms with Gasteiger partial charge in [0.05, 0.1) is 6.10 Å². The minimum absolute atomic E-state index is 0.215. The van der Waals surface area contributed by atoms with E-state index in [2.05, 4.69) is 18.0 Å².